The number of benzene rings is 1. The molecule has 1 aromatic rings. The van der Waals surface area contributed by atoms with Gasteiger partial charge in [-0.3, -0.25) is 0 Å². The SMILES string of the molecule is CN(CC1CCCCC1)C(=S)Nc1ccccc1. The van der Waals surface area contributed by atoms with Crippen LogP contribution in [-0.4, -0.2) is 23.6 Å². The van der Waals surface area contributed by atoms with Gasteiger partial charge >= 0.3 is 0 Å². The Morgan fingerprint density at radius 2 is 1.89 bits per heavy atom. The van der Waals surface area contributed by atoms with Crippen molar-refractivity contribution in [1.82, 2.24) is 4.90 Å². The monoisotopic (exact) mass is 262 g/mol. The molecule has 1 aliphatic carbocycles. The Labute approximate surface area is 115 Å². The van der Waals surface area contributed by atoms with Crippen LogP contribution in [0.3, 0.4) is 0 Å². The van der Waals surface area contributed by atoms with E-state index in [1.165, 1.54) is 32.1 Å². The fourth-order valence-electron chi connectivity index (χ4n) is 2.58. The molecule has 0 amide bonds. The van der Waals surface area contributed by atoms with E-state index in [1.807, 2.05) is 30.3 Å². The fourth-order valence-corrected chi connectivity index (χ4v) is 2.77. The van der Waals surface area contributed by atoms with Crippen LogP contribution in [0.1, 0.15) is 32.1 Å². The highest BCUT2D eigenvalue weighted by Crippen LogP contribution is 2.24. The van der Waals surface area contributed by atoms with Crippen molar-refractivity contribution in [2.75, 3.05) is 18.9 Å². The predicted molar refractivity (Wildman–Crippen MR) is 81.9 cm³/mol. The molecule has 18 heavy (non-hydrogen) atoms. The molecule has 0 aliphatic heterocycles. The molecule has 0 heterocycles. The number of anilines is 1. The highest BCUT2D eigenvalue weighted by Gasteiger charge is 2.16. The summed E-state index contributed by atoms with van der Waals surface area (Å²) in [7, 11) is 2.09. The molecule has 2 nitrogen and oxygen atoms in total. The van der Waals surface area contributed by atoms with E-state index in [4.69, 9.17) is 12.2 Å². The number of nitrogens with zero attached hydrogens (tertiary/aromatic N) is 1. The molecule has 0 unspecified atom stereocenters. The molecule has 2 rings (SSSR count). The molecule has 0 radical (unpaired) electrons. The van der Waals surface area contributed by atoms with Gasteiger partial charge in [-0.1, -0.05) is 37.5 Å². The van der Waals surface area contributed by atoms with Crippen molar-refractivity contribution < 1.29 is 0 Å². The molecule has 3 heteroatoms. The standard InChI is InChI=1S/C15H22N2S/c1-17(12-13-8-4-2-5-9-13)15(18)16-14-10-6-3-7-11-14/h3,6-7,10-11,13H,2,4-5,8-9,12H2,1H3,(H,16,18). The van der Waals surface area contributed by atoms with Crippen LogP contribution in [0.4, 0.5) is 5.69 Å². The van der Waals surface area contributed by atoms with Gasteiger partial charge < -0.3 is 10.2 Å². The topological polar surface area (TPSA) is 15.3 Å². The molecule has 0 saturated heterocycles. The summed E-state index contributed by atoms with van der Waals surface area (Å²) in [6.45, 7) is 1.08. The first kappa shape index (κ1) is 13.3. The van der Waals surface area contributed by atoms with E-state index >= 15 is 0 Å². The average molecular weight is 262 g/mol. The Kier molecular flexibility index (Phi) is 5.00. The van der Waals surface area contributed by atoms with Gasteiger partial charge in [0.05, 0.1) is 0 Å². The Hall–Kier alpha value is -1.09. The molecule has 98 valence electrons. The smallest absolute Gasteiger partial charge is 0.173 e. The normalized spacial score (nSPS) is 16.3. The van der Waals surface area contributed by atoms with Crippen LogP contribution in [0.2, 0.25) is 0 Å². The summed E-state index contributed by atoms with van der Waals surface area (Å²) in [5.41, 5.74) is 1.07. The van der Waals surface area contributed by atoms with Crippen LogP contribution in [0.15, 0.2) is 30.3 Å². The third kappa shape index (κ3) is 3.98. The minimum atomic E-state index is 0.819. The van der Waals surface area contributed by atoms with Crippen molar-refractivity contribution in [1.29, 1.82) is 0 Å². The largest absolute Gasteiger partial charge is 0.352 e. The minimum Gasteiger partial charge on any atom is -0.352 e. The summed E-state index contributed by atoms with van der Waals surface area (Å²) in [6, 6.07) is 10.1. The van der Waals surface area contributed by atoms with Crippen LogP contribution in [0.25, 0.3) is 0 Å². The third-order valence-electron chi connectivity index (χ3n) is 3.63. The van der Waals surface area contributed by atoms with E-state index in [9.17, 15) is 0 Å². The molecule has 0 aromatic heterocycles. The Balaban J connectivity index is 1.81. The summed E-state index contributed by atoms with van der Waals surface area (Å²) in [6.07, 6.45) is 6.90. The quantitative estimate of drug-likeness (QED) is 0.832. The second kappa shape index (κ2) is 6.74. The van der Waals surface area contributed by atoms with Gasteiger partial charge in [0.15, 0.2) is 5.11 Å². The summed E-state index contributed by atoms with van der Waals surface area (Å²) >= 11 is 5.44. The lowest BCUT2D eigenvalue weighted by molar-refractivity contribution is 0.298. The van der Waals surface area contributed by atoms with Crippen LogP contribution < -0.4 is 5.32 Å². The summed E-state index contributed by atoms with van der Waals surface area (Å²) in [4.78, 5) is 2.18. The number of rotatable bonds is 3. The van der Waals surface area contributed by atoms with Crippen molar-refractivity contribution in [3.63, 3.8) is 0 Å². The zero-order valence-corrected chi connectivity index (χ0v) is 11.9. The van der Waals surface area contributed by atoms with Crippen molar-refractivity contribution in [3.8, 4) is 0 Å². The molecule has 1 N–H and O–H groups in total. The molecule has 0 spiro atoms. The molecule has 1 saturated carbocycles. The first-order valence-electron chi connectivity index (χ1n) is 6.83. The lowest BCUT2D eigenvalue weighted by Gasteiger charge is -2.28. The molecule has 1 aromatic carbocycles. The first-order chi connectivity index (χ1) is 8.75. The van der Waals surface area contributed by atoms with E-state index in [0.29, 0.717) is 0 Å². The molecule has 1 aliphatic rings. The number of hydrogen-bond acceptors (Lipinski definition) is 1. The van der Waals surface area contributed by atoms with E-state index in [1.54, 1.807) is 0 Å². The van der Waals surface area contributed by atoms with E-state index in [-0.39, 0.29) is 0 Å². The van der Waals surface area contributed by atoms with Gasteiger partial charge in [0, 0.05) is 19.3 Å². The lowest BCUT2D eigenvalue weighted by Crippen LogP contribution is -2.35. The zero-order valence-electron chi connectivity index (χ0n) is 11.1. The maximum absolute atomic E-state index is 5.44. The van der Waals surface area contributed by atoms with Gasteiger partial charge in [0.2, 0.25) is 0 Å². The third-order valence-corrected chi connectivity index (χ3v) is 4.04. The second-order valence-corrected chi connectivity index (χ2v) is 5.57. The molecular weight excluding hydrogens is 240 g/mol. The van der Waals surface area contributed by atoms with Gasteiger partial charge in [-0.15, -0.1) is 0 Å². The summed E-state index contributed by atoms with van der Waals surface area (Å²) in [5.74, 6) is 0.819. The van der Waals surface area contributed by atoms with Crippen LogP contribution in [-0.2, 0) is 0 Å². The molecule has 0 bridgehead atoms. The maximum atomic E-state index is 5.44. The van der Waals surface area contributed by atoms with Crippen molar-refractivity contribution in [2.24, 2.45) is 5.92 Å². The van der Waals surface area contributed by atoms with E-state index < -0.39 is 0 Å². The maximum Gasteiger partial charge on any atom is 0.173 e. The number of hydrogen-bond donors (Lipinski definition) is 1. The van der Waals surface area contributed by atoms with E-state index in [0.717, 1.165) is 23.3 Å². The first-order valence-corrected chi connectivity index (χ1v) is 7.23. The van der Waals surface area contributed by atoms with Crippen molar-refractivity contribution >= 4 is 23.0 Å². The summed E-state index contributed by atoms with van der Waals surface area (Å²) in [5, 5.41) is 4.11. The van der Waals surface area contributed by atoms with Crippen LogP contribution in [0, 0.1) is 5.92 Å². The van der Waals surface area contributed by atoms with Crippen LogP contribution in [0.5, 0.6) is 0 Å². The van der Waals surface area contributed by atoms with Gasteiger partial charge in [-0.2, -0.15) is 0 Å². The Morgan fingerprint density at radius 3 is 2.56 bits per heavy atom. The molecule has 1 fully saturated rings. The van der Waals surface area contributed by atoms with Gasteiger partial charge in [-0.25, -0.2) is 0 Å². The lowest BCUT2D eigenvalue weighted by atomic mass is 9.89. The average Bonchev–Trinajstić information content (AvgIpc) is 2.41. The van der Waals surface area contributed by atoms with Crippen molar-refractivity contribution in [3.05, 3.63) is 30.3 Å². The second-order valence-electron chi connectivity index (χ2n) is 5.18. The van der Waals surface area contributed by atoms with Gasteiger partial charge in [0.25, 0.3) is 0 Å². The summed E-state index contributed by atoms with van der Waals surface area (Å²) < 4.78 is 0. The van der Waals surface area contributed by atoms with Gasteiger partial charge in [0.1, 0.15) is 0 Å². The zero-order chi connectivity index (χ0) is 12.8. The Bertz CT molecular complexity index is 371. The number of thiocarbonyl (C=S) groups is 1. The Morgan fingerprint density at radius 1 is 1.22 bits per heavy atom. The highest BCUT2D eigenvalue weighted by atomic mass is 32.1. The van der Waals surface area contributed by atoms with Crippen LogP contribution >= 0.6 is 12.2 Å². The highest BCUT2D eigenvalue weighted by molar-refractivity contribution is 7.80. The molecular formula is C15H22N2S. The number of nitrogens with one attached hydrogen (secondary N) is 1. The fraction of sp³-hybridized carbons (Fsp3) is 0.533. The van der Waals surface area contributed by atoms with Crippen molar-refractivity contribution in [2.45, 2.75) is 32.1 Å². The van der Waals surface area contributed by atoms with E-state index in [2.05, 4.69) is 17.3 Å². The van der Waals surface area contributed by atoms with Gasteiger partial charge in [-0.05, 0) is 43.1 Å². The minimum absolute atomic E-state index is 0.819. The molecule has 0 atom stereocenters. The predicted octanol–water partition coefficient (Wildman–Crippen LogP) is 3.90. The number of para-hydroxylation sites is 1.